The van der Waals surface area contributed by atoms with Crippen molar-refractivity contribution in [2.75, 3.05) is 10.6 Å². The molecular formula is C20H14ClN5O2. The van der Waals surface area contributed by atoms with Gasteiger partial charge in [0.2, 0.25) is 11.9 Å². The first-order valence-electron chi connectivity index (χ1n) is 8.49. The predicted molar refractivity (Wildman–Crippen MR) is 106 cm³/mol. The van der Waals surface area contributed by atoms with Gasteiger partial charge >= 0.3 is 0 Å². The Kier molecular flexibility index (Phi) is 4.55. The summed E-state index contributed by atoms with van der Waals surface area (Å²) >= 11 is 5.95. The average Bonchev–Trinajstić information content (AvgIpc) is 2.68. The Hall–Kier alpha value is -3.63. The molecule has 2 heterocycles. The van der Waals surface area contributed by atoms with Gasteiger partial charge in [0.1, 0.15) is 11.7 Å². The van der Waals surface area contributed by atoms with Crippen molar-refractivity contribution in [3.63, 3.8) is 0 Å². The summed E-state index contributed by atoms with van der Waals surface area (Å²) < 4.78 is 0. The first-order valence-corrected chi connectivity index (χ1v) is 8.87. The van der Waals surface area contributed by atoms with Crippen molar-refractivity contribution in [3.05, 3.63) is 81.1 Å². The highest BCUT2D eigenvalue weighted by Gasteiger charge is 2.40. The SMILES string of the molecule is N#CC1C(=O)Nc2nc(Nc3ccccc3)[nH]c(=O)c2C1c1ccc(Cl)cc1. The summed E-state index contributed by atoms with van der Waals surface area (Å²) in [6.07, 6.45) is 0. The molecule has 2 unspecified atom stereocenters. The molecule has 2 atom stereocenters. The molecule has 0 bridgehead atoms. The summed E-state index contributed by atoms with van der Waals surface area (Å²) in [4.78, 5) is 32.4. The summed E-state index contributed by atoms with van der Waals surface area (Å²) in [6.45, 7) is 0. The topological polar surface area (TPSA) is 111 Å². The number of nitrogens with zero attached hydrogens (tertiary/aromatic N) is 2. The number of nitriles is 1. The summed E-state index contributed by atoms with van der Waals surface area (Å²) in [5, 5.41) is 15.6. The van der Waals surface area contributed by atoms with Crippen molar-refractivity contribution in [1.29, 1.82) is 5.26 Å². The van der Waals surface area contributed by atoms with E-state index in [9.17, 15) is 14.9 Å². The minimum atomic E-state index is -1.05. The highest BCUT2D eigenvalue weighted by atomic mass is 35.5. The number of benzene rings is 2. The lowest BCUT2D eigenvalue weighted by atomic mass is 9.79. The van der Waals surface area contributed by atoms with Gasteiger partial charge in [0.15, 0.2) is 0 Å². The number of anilines is 3. The zero-order valence-corrected chi connectivity index (χ0v) is 15.2. The van der Waals surface area contributed by atoms with Crippen LogP contribution in [-0.4, -0.2) is 15.9 Å². The van der Waals surface area contributed by atoms with E-state index in [-0.39, 0.29) is 17.3 Å². The lowest BCUT2D eigenvalue weighted by Gasteiger charge is -2.28. The Morgan fingerprint density at radius 2 is 1.79 bits per heavy atom. The van der Waals surface area contributed by atoms with Gasteiger partial charge < -0.3 is 10.6 Å². The molecule has 0 saturated carbocycles. The molecule has 138 valence electrons. The second-order valence-electron chi connectivity index (χ2n) is 6.29. The Morgan fingerprint density at radius 1 is 1.07 bits per heavy atom. The van der Waals surface area contributed by atoms with Crippen molar-refractivity contribution >= 4 is 35.0 Å². The van der Waals surface area contributed by atoms with Gasteiger partial charge in [0.25, 0.3) is 5.56 Å². The van der Waals surface area contributed by atoms with Crippen LogP contribution in [0.1, 0.15) is 17.0 Å². The van der Waals surface area contributed by atoms with Crippen LogP contribution in [0.5, 0.6) is 0 Å². The summed E-state index contributed by atoms with van der Waals surface area (Å²) in [7, 11) is 0. The third kappa shape index (κ3) is 3.21. The highest BCUT2D eigenvalue weighted by molar-refractivity contribution is 6.30. The number of amides is 1. The number of hydrogen-bond donors (Lipinski definition) is 3. The lowest BCUT2D eigenvalue weighted by Crippen LogP contribution is -2.38. The van der Waals surface area contributed by atoms with E-state index >= 15 is 0 Å². The molecule has 3 N–H and O–H groups in total. The molecular weight excluding hydrogens is 378 g/mol. The van der Waals surface area contributed by atoms with Crippen LogP contribution in [0.4, 0.5) is 17.5 Å². The molecule has 8 heteroatoms. The highest BCUT2D eigenvalue weighted by Crippen LogP contribution is 2.38. The van der Waals surface area contributed by atoms with E-state index in [0.29, 0.717) is 10.6 Å². The number of carbonyl (C=O) groups is 1. The van der Waals surface area contributed by atoms with E-state index in [0.717, 1.165) is 5.69 Å². The predicted octanol–water partition coefficient (Wildman–Crippen LogP) is 3.39. The zero-order valence-electron chi connectivity index (χ0n) is 14.4. The molecule has 1 amide bonds. The van der Waals surface area contributed by atoms with E-state index in [1.54, 1.807) is 24.3 Å². The van der Waals surface area contributed by atoms with Gasteiger partial charge in [-0.05, 0) is 29.8 Å². The molecule has 7 nitrogen and oxygen atoms in total. The number of para-hydroxylation sites is 1. The fourth-order valence-electron chi connectivity index (χ4n) is 3.26. The molecule has 0 spiro atoms. The number of aromatic amines is 1. The van der Waals surface area contributed by atoms with Crippen molar-refractivity contribution in [2.45, 2.75) is 5.92 Å². The molecule has 0 fully saturated rings. The van der Waals surface area contributed by atoms with Crippen LogP contribution in [-0.2, 0) is 4.79 Å². The summed E-state index contributed by atoms with van der Waals surface area (Å²) in [5.74, 6) is -1.96. The molecule has 1 aliphatic rings. The number of aromatic nitrogens is 2. The minimum absolute atomic E-state index is 0.138. The van der Waals surface area contributed by atoms with Gasteiger partial charge in [-0.15, -0.1) is 0 Å². The van der Waals surface area contributed by atoms with E-state index in [2.05, 4.69) is 20.6 Å². The molecule has 1 aliphatic heterocycles. The molecule has 28 heavy (non-hydrogen) atoms. The smallest absolute Gasteiger partial charge is 0.258 e. The molecule has 0 aliphatic carbocycles. The van der Waals surface area contributed by atoms with Crippen molar-refractivity contribution < 1.29 is 4.79 Å². The Morgan fingerprint density at radius 3 is 2.46 bits per heavy atom. The van der Waals surface area contributed by atoms with E-state index < -0.39 is 23.3 Å². The second kappa shape index (κ2) is 7.18. The van der Waals surface area contributed by atoms with Gasteiger partial charge in [-0.25, -0.2) is 0 Å². The number of H-pyrrole nitrogens is 1. The van der Waals surface area contributed by atoms with E-state index in [1.165, 1.54) is 0 Å². The fourth-order valence-corrected chi connectivity index (χ4v) is 3.38. The van der Waals surface area contributed by atoms with Gasteiger partial charge in [-0.3, -0.25) is 14.6 Å². The summed E-state index contributed by atoms with van der Waals surface area (Å²) in [6, 6.07) is 17.9. The van der Waals surface area contributed by atoms with Gasteiger partial charge in [-0.1, -0.05) is 41.9 Å². The number of nitrogens with one attached hydrogen (secondary N) is 3. The summed E-state index contributed by atoms with van der Waals surface area (Å²) in [5.41, 5.74) is 1.19. The maximum Gasteiger partial charge on any atom is 0.258 e. The number of rotatable bonds is 3. The van der Waals surface area contributed by atoms with E-state index in [1.807, 2.05) is 36.4 Å². The Bertz CT molecular complexity index is 1140. The maximum absolute atomic E-state index is 12.9. The van der Waals surface area contributed by atoms with Crippen molar-refractivity contribution in [1.82, 2.24) is 9.97 Å². The van der Waals surface area contributed by atoms with Crippen LogP contribution >= 0.6 is 11.6 Å². The van der Waals surface area contributed by atoms with Gasteiger partial charge in [0, 0.05) is 16.6 Å². The van der Waals surface area contributed by atoms with Crippen molar-refractivity contribution in [2.24, 2.45) is 5.92 Å². The van der Waals surface area contributed by atoms with Crippen LogP contribution in [0.2, 0.25) is 5.02 Å². The van der Waals surface area contributed by atoms with Crippen LogP contribution in [0.25, 0.3) is 0 Å². The number of hydrogen-bond acceptors (Lipinski definition) is 5. The maximum atomic E-state index is 12.9. The monoisotopic (exact) mass is 391 g/mol. The molecule has 0 saturated heterocycles. The molecule has 4 rings (SSSR count). The van der Waals surface area contributed by atoms with Crippen LogP contribution < -0.4 is 16.2 Å². The van der Waals surface area contributed by atoms with Crippen LogP contribution in [0, 0.1) is 17.2 Å². The Balaban J connectivity index is 1.82. The third-order valence-corrected chi connectivity index (χ3v) is 4.78. The third-order valence-electron chi connectivity index (χ3n) is 4.53. The average molecular weight is 392 g/mol. The first-order chi connectivity index (χ1) is 13.6. The van der Waals surface area contributed by atoms with Crippen LogP contribution in [0.15, 0.2) is 59.4 Å². The minimum Gasteiger partial charge on any atom is -0.326 e. The molecule has 2 aromatic carbocycles. The number of fused-ring (bicyclic) bond motifs is 1. The largest absolute Gasteiger partial charge is 0.326 e. The second-order valence-corrected chi connectivity index (χ2v) is 6.73. The standard InChI is InChI=1S/C20H14ClN5O2/c21-12-8-6-11(7-9-12)15-14(10-22)18(27)24-17-16(15)19(28)26-20(25-17)23-13-4-2-1-3-5-13/h1-9,14-15H,(H3,23,24,25,26,27,28). The van der Waals surface area contributed by atoms with Gasteiger partial charge in [-0.2, -0.15) is 10.2 Å². The normalized spacial score (nSPS) is 17.9. The number of halogens is 1. The number of carbonyl (C=O) groups excluding carboxylic acids is 1. The Labute approximate surface area is 165 Å². The van der Waals surface area contributed by atoms with E-state index in [4.69, 9.17) is 11.6 Å². The lowest BCUT2D eigenvalue weighted by molar-refractivity contribution is -0.119. The molecule has 0 radical (unpaired) electrons. The fraction of sp³-hybridized carbons (Fsp3) is 0.100. The molecule has 3 aromatic rings. The first kappa shape index (κ1) is 17.8. The van der Waals surface area contributed by atoms with Crippen LogP contribution in [0.3, 0.4) is 0 Å². The zero-order chi connectivity index (χ0) is 19.7. The van der Waals surface area contributed by atoms with Gasteiger partial charge in [0.05, 0.1) is 11.6 Å². The van der Waals surface area contributed by atoms with Crippen molar-refractivity contribution in [3.8, 4) is 6.07 Å². The quantitative estimate of drug-likeness (QED) is 0.633. The molecule has 1 aromatic heterocycles.